The van der Waals surface area contributed by atoms with Crippen LogP contribution in [0.25, 0.3) is 0 Å². The first-order valence-electron chi connectivity index (χ1n) is 11.1. The lowest BCUT2D eigenvalue weighted by molar-refractivity contribution is -0.142. The highest BCUT2D eigenvalue weighted by molar-refractivity contribution is 5.96. The van der Waals surface area contributed by atoms with E-state index in [9.17, 15) is 29.1 Å². The molecule has 4 unspecified atom stereocenters. The van der Waals surface area contributed by atoms with E-state index in [0.29, 0.717) is 31.4 Å². The zero-order valence-corrected chi connectivity index (χ0v) is 19.5. The van der Waals surface area contributed by atoms with Gasteiger partial charge in [0.1, 0.15) is 23.9 Å². The molecule has 0 aliphatic carbocycles. The van der Waals surface area contributed by atoms with E-state index in [-0.39, 0.29) is 12.2 Å². The van der Waals surface area contributed by atoms with Crippen molar-refractivity contribution in [1.82, 2.24) is 16.0 Å². The highest BCUT2D eigenvalue weighted by Crippen LogP contribution is 2.12. The van der Waals surface area contributed by atoms with Crippen LogP contribution in [0.1, 0.15) is 38.2 Å². The second-order valence-corrected chi connectivity index (χ2v) is 8.12. The van der Waals surface area contributed by atoms with E-state index in [1.54, 1.807) is 0 Å². The van der Waals surface area contributed by atoms with Gasteiger partial charge in [0.25, 0.3) is 0 Å². The van der Waals surface area contributed by atoms with Gasteiger partial charge in [-0.2, -0.15) is 0 Å². The van der Waals surface area contributed by atoms with Gasteiger partial charge in [-0.25, -0.2) is 0 Å². The smallest absolute Gasteiger partial charge is 0.325 e. The Kier molecular flexibility index (Phi) is 12.2. The number of amides is 4. The SMILES string of the molecule is CC(NC(=O)C(Cc1ccc(O)cc1)NC(=O)C(CC(N)=O)NC(=O)C(N)CCCCN)C(=O)O. The fraction of sp³-hybridized carbons (Fsp3) is 0.500. The quantitative estimate of drug-likeness (QED) is 0.123. The van der Waals surface area contributed by atoms with Crippen molar-refractivity contribution in [2.75, 3.05) is 6.54 Å². The van der Waals surface area contributed by atoms with Crippen molar-refractivity contribution >= 4 is 29.6 Å². The average molecular weight is 495 g/mol. The van der Waals surface area contributed by atoms with Crippen LogP contribution >= 0.6 is 0 Å². The van der Waals surface area contributed by atoms with Gasteiger partial charge >= 0.3 is 5.97 Å². The highest BCUT2D eigenvalue weighted by atomic mass is 16.4. The number of hydrogen-bond acceptors (Lipinski definition) is 8. The third-order valence-electron chi connectivity index (χ3n) is 5.08. The summed E-state index contributed by atoms with van der Waals surface area (Å²) in [5.74, 6) is -4.53. The van der Waals surface area contributed by atoms with Gasteiger partial charge < -0.3 is 43.4 Å². The summed E-state index contributed by atoms with van der Waals surface area (Å²) in [6.45, 7) is 1.69. The first-order chi connectivity index (χ1) is 16.4. The van der Waals surface area contributed by atoms with Crippen molar-refractivity contribution in [1.29, 1.82) is 0 Å². The summed E-state index contributed by atoms with van der Waals surface area (Å²) in [5.41, 5.74) is 17.0. The van der Waals surface area contributed by atoms with Crippen molar-refractivity contribution in [3.05, 3.63) is 29.8 Å². The van der Waals surface area contributed by atoms with Crippen molar-refractivity contribution in [2.45, 2.75) is 63.2 Å². The van der Waals surface area contributed by atoms with Crippen LogP contribution in [0.2, 0.25) is 0 Å². The van der Waals surface area contributed by atoms with E-state index in [0.717, 1.165) is 0 Å². The Morgan fingerprint density at radius 1 is 0.914 bits per heavy atom. The minimum absolute atomic E-state index is 0.00896. The maximum Gasteiger partial charge on any atom is 0.325 e. The number of nitrogens with two attached hydrogens (primary N) is 3. The van der Waals surface area contributed by atoms with Crippen LogP contribution in [-0.2, 0) is 30.4 Å². The number of unbranched alkanes of at least 4 members (excludes halogenated alkanes) is 1. The molecule has 0 radical (unpaired) electrons. The summed E-state index contributed by atoms with van der Waals surface area (Å²) in [7, 11) is 0. The number of benzene rings is 1. The highest BCUT2D eigenvalue weighted by Gasteiger charge is 2.30. The van der Waals surface area contributed by atoms with Gasteiger partial charge in [-0.15, -0.1) is 0 Å². The number of nitrogens with one attached hydrogen (secondary N) is 3. The normalized spacial score (nSPS) is 14.1. The van der Waals surface area contributed by atoms with Crippen LogP contribution in [0.3, 0.4) is 0 Å². The van der Waals surface area contributed by atoms with E-state index in [4.69, 9.17) is 22.3 Å². The molecule has 4 amide bonds. The first-order valence-corrected chi connectivity index (χ1v) is 11.1. The number of carboxylic acids is 1. The monoisotopic (exact) mass is 494 g/mol. The molecule has 0 fully saturated rings. The zero-order valence-electron chi connectivity index (χ0n) is 19.5. The van der Waals surface area contributed by atoms with Crippen LogP contribution in [-0.4, -0.2) is 70.5 Å². The topological polar surface area (TPSA) is 240 Å². The molecular weight excluding hydrogens is 460 g/mol. The number of rotatable bonds is 15. The molecule has 194 valence electrons. The molecule has 13 heteroatoms. The van der Waals surface area contributed by atoms with Crippen molar-refractivity contribution in [3.63, 3.8) is 0 Å². The fourth-order valence-corrected chi connectivity index (χ4v) is 3.05. The van der Waals surface area contributed by atoms with E-state index in [1.165, 1.54) is 31.2 Å². The molecule has 0 heterocycles. The molecule has 1 aromatic carbocycles. The predicted octanol–water partition coefficient (Wildman–Crippen LogP) is -2.17. The van der Waals surface area contributed by atoms with Crippen LogP contribution in [0.5, 0.6) is 5.75 Å². The van der Waals surface area contributed by atoms with E-state index < -0.39 is 60.2 Å². The molecule has 0 aliphatic heterocycles. The number of primary amides is 1. The Balaban J connectivity index is 3.03. The molecular formula is C22H34N6O7. The number of carbonyl (C=O) groups excluding carboxylic acids is 4. The van der Waals surface area contributed by atoms with E-state index >= 15 is 0 Å². The second-order valence-electron chi connectivity index (χ2n) is 8.12. The van der Waals surface area contributed by atoms with Crippen molar-refractivity contribution < 1.29 is 34.2 Å². The molecule has 4 atom stereocenters. The van der Waals surface area contributed by atoms with Crippen LogP contribution < -0.4 is 33.2 Å². The first kappa shape index (κ1) is 29.3. The second kappa shape index (κ2) is 14.5. The van der Waals surface area contributed by atoms with Gasteiger partial charge in [-0.3, -0.25) is 24.0 Å². The number of hydrogen-bond donors (Lipinski definition) is 8. The lowest BCUT2D eigenvalue weighted by Gasteiger charge is -2.24. The molecule has 13 nitrogen and oxygen atoms in total. The van der Waals surface area contributed by atoms with Gasteiger partial charge in [-0.1, -0.05) is 18.6 Å². The molecule has 0 aliphatic rings. The van der Waals surface area contributed by atoms with Crippen LogP contribution in [0.4, 0.5) is 0 Å². The van der Waals surface area contributed by atoms with E-state index in [2.05, 4.69) is 16.0 Å². The predicted molar refractivity (Wildman–Crippen MR) is 126 cm³/mol. The maximum absolute atomic E-state index is 12.9. The molecule has 1 aromatic rings. The van der Waals surface area contributed by atoms with Crippen molar-refractivity contribution in [2.24, 2.45) is 17.2 Å². The minimum Gasteiger partial charge on any atom is -0.508 e. The molecule has 11 N–H and O–H groups in total. The number of carbonyl (C=O) groups is 5. The maximum atomic E-state index is 12.9. The molecule has 0 saturated carbocycles. The largest absolute Gasteiger partial charge is 0.508 e. The van der Waals surface area contributed by atoms with Gasteiger partial charge in [0, 0.05) is 6.42 Å². The molecule has 0 bridgehead atoms. The minimum atomic E-state index is -1.41. The Bertz CT molecular complexity index is 893. The summed E-state index contributed by atoms with van der Waals surface area (Å²) in [5, 5.41) is 25.6. The number of phenolic OH excluding ortho intramolecular Hbond substituents is 1. The molecule has 0 saturated heterocycles. The van der Waals surface area contributed by atoms with Gasteiger partial charge in [0.15, 0.2) is 0 Å². The van der Waals surface area contributed by atoms with Crippen LogP contribution in [0, 0.1) is 0 Å². The lowest BCUT2D eigenvalue weighted by atomic mass is 10.0. The summed E-state index contributed by atoms with van der Waals surface area (Å²) < 4.78 is 0. The third kappa shape index (κ3) is 10.8. The standard InChI is InChI=1S/C22H34N6O7/c1-12(22(34)35)26-20(32)16(10-13-5-7-14(29)8-6-13)28-21(33)17(11-18(25)30)27-19(31)15(24)4-2-3-9-23/h5-8,12,15-17,29H,2-4,9-11,23-24H2,1H3,(H2,25,30)(H,26,32)(H,27,31)(H,28,33)(H,34,35). The summed E-state index contributed by atoms with van der Waals surface area (Å²) >= 11 is 0. The number of aromatic hydroxyl groups is 1. The Morgan fingerprint density at radius 2 is 1.49 bits per heavy atom. The van der Waals surface area contributed by atoms with Crippen LogP contribution in [0.15, 0.2) is 24.3 Å². The van der Waals surface area contributed by atoms with Crippen molar-refractivity contribution in [3.8, 4) is 5.75 Å². The number of aliphatic carboxylic acids is 1. The third-order valence-corrected chi connectivity index (χ3v) is 5.08. The van der Waals surface area contributed by atoms with Gasteiger partial charge in [-0.05, 0) is 44.0 Å². The fourth-order valence-electron chi connectivity index (χ4n) is 3.05. The molecule has 0 aromatic heterocycles. The average Bonchev–Trinajstić information content (AvgIpc) is 2.79. The number of phenols is 1. The van der Waals surface area contributed by atoms with Gasteiger partial charge in [0.2, 0.25) is 23.6 Å². The Hall–Kier alpha value is -3.71. The Labute approximate surface area is 202 Å². The summed E-state index contributed by atoms with van der Waals surface area (Å²) in [6.07, 6.45) is 0.947. The molecule has 0 spiro atoms. The molecule has 35 heavy (non-hydrogen) atoms. The lowest BCUT2D eigenvalue weighted by Crippen LogP contribution is -2.58. The summed E-state index contributed by atoms with van der Waals surface area (Å²) in [6, 6.07) is 0.942. The number of carboxylic acid groups (broad SMARTS) is 1. The Morgan fingerprint density at radius 3 is 2.03 bits per heavy atom. The summed E-state index contributed by atoms with van der Waals surface area (Å²) in [4.78, 5) is 60.8. The molecule has 1 rings (SSSR count). The van der Waals surface area contributed by atoms with E-state index in [1.807, 2.05) is 0 Å². The van der Waals surface area contributed by atoms with Gasteiger partial charge in [0.05, 0.1) is 12.5 Å². The zero-order chi connectivity index (χ0) is 26.5.